The zero-order valence-electron chi connectivity index (χ0n) is 11.0. The fourth-order valence-electron chi connectivity index (χ4n) is 2.46. The summed E-state index contributed by atoms with van der Waals surface area (Å²) in [4.78, 5) is 12.0. The summed E-state index contributed by atoms with van der Waals surface area (Å²) in [5, 5.41) is 19.4. The summed E-state index contributed by atoms with van der Waals surface area (Å²) in [5.41, 5.74) is 6.44. The molecule has 0 amide bonds. The molecule has 1 saturated heterocycles. The highest BCUT2D eigenvalue weighted by molar-refractivity contribution is 6.29. The van der Waals surface area contributed by atoms with E-state index in [4.69, 9.17) is 26.8 Å². The molecule has 0 aliphatic carbocycles. The van der Waals surface area contributed by atoms with Crippen LogP contribution in [0.25, 0.3) is 11.2 Å². The largest absolute Gasteiger partial charge is 0.394 e. The van der Waals surface area contributed by atoms with Crippen LogP contribution in [0.1, 0.15) is 6.23 Å². The number of aromatic nitrogens is 4. The number of fused-ring (bicyclic) bond motifs is 1. The first-order chi connectivity index (χ1) is 10.1. The first-order valence-corrected chi connectivity index (χ1v) is 6.57. The number of ether oxygens (including phenoxy) is 2. The van der Waals surface area contributed by atoms with Crippen LogP contribution in [0.15, 0.2) is 6.33 Å². The van der Waals surface area contributed by atoms with Crippen LogP contribution < -0.4 is 5.73 Å². The molecule has 1 aliphatic heterocycles. The molecule has 1 fully saturated rings. The van der Waals surface area contributed by atoms with Gasteiger partial charge in [-0.15, -0.1) is 0 Å². The molecule has 0 aromatic carbocycles. The molecule has 2 unspecified atom stereocenters. The Morgan fingerprint density at radius 3 is 2.95 bits per heavy atom. The molecule has 0 saturated carbocycles. The molecular weight excluding hydrogens is 302 g/mol. The fraction of sp³-hybridized carbons (Fsp3) is 0.545. The summed E-state index contributed by atoms with van der Waals surface area (Å²) >= 11 is 6.13. The molecule has 2 aromatic heterocycles. The predicted octanol–water partition coefficient (Wildman–Crippen LogP) is -0.673. The monoisotopic (exact) mass is 315 g/mol. The number of nitrogen functional groups attached to an aromatic ring is 1. The number of rotatable bonds is 3. The highest BCUT2D eigenvalue weighted by atomic mass is 35.5. The van der Waals surface area contributed by atoms with E-state index < -0.39 is 24.5 Å². The van der Waals surface area contributed by atoms with Crippen LogP contribution in [-0.2, 0) is 9.47 Å². The molecule has 3 rings (SSSR count). The summed E-state index contributed by atoms with van der Waals surface area (Å²) in [6.45, 7) is -0.348. The van der Waals surface area contributed by atoms with Crippen LogP contribution in [-0.4, -0.2) is 61.8 Å². The Labute approximate surface area is 124 Å². The molecule has 4 atom stereocenters. The second kappa shape index (κ2) is 5.35. The molecule has 9 nitrogen and oxygen atoms in total. The SMILES string of the molecule is COC1C(O)[C@@H](CO)O[C@H]1n1c(Cl)nc2c(N)ncnc21. The molecule has 10 heteroatoms. The number of nitrogens with zero attached hydrogens (tertiary/aromatic N) is 4. The van der Waals surface area contributed by atoms with Crippen LogP contribution in [0.5, 0.6) is 0 Å². The quantitative estimate of drug-likeness (QED) is 0.636. The smallest absolute Gasteiger partial charge is 0.207 e. The van der Waals surface area contributed by atoms with Gasteiger partial charge in [0.25, 0.3) is 0 Å². The lowest BCUT2D eigenvalue weighted by Crippen LogP contribution is -2.34. The Bertz CT molecular complexity index is 665. The maximum Gasteiger partial charge on any atom is 0.207 e. The van der Waals surface area contributed by atoms with Crippen molar-refractivity contribution < 1.29 is 19.7 Å². The zero-order valence-corrected chi connectivity index (χ0v) is 11.8. The summed E-state index contributed by atoms with van der Waals surface area (Å²) in [5.74, 6) is 0.187. The van der Waals surface area contributed by atoms with E-state index in [1.54, 1.807) is 0 Å². The van der Waals surface area contributed by atoms with Crippen LogP contribution in [0.4, 0.5) is 5.82 Å². The van der Waals surface area contributed by atoms with Crippen molar-refractivity contribution in [2.24, 2.45) is 0 Å². The molecule has 0 spiro atoms. The third kappa shape index (κ3) is 2.14. The molecule has 3 heterocycles. The third-order valence-corrected chi connectivity index (χ3v) is 3.75. The number of imidazole rings is 1. The number of anilines is 1. The van der Waals surface area contributed by atoms with Gasteiger partial charge in [0.15, 0.2) is 23.2 Å². The highest BCUT2D eigenvalue weighted by Crippen LogP contribution is 2.36. The third-order valence-electron chi connectivity index (χ3n) is 3.48. The van der Waals surface area contributed by atoms with Gasteiger partial charge in [0.1, 0.15) is 24.6 Å². The van der Waals surface area contributed by atoms with Gasteiger partial charge in [-0.1, -0.05) is 0 Å². The number of aliphatic hydroxyl groups is 2. The normalized spacial score (nSPS) is 29.3. The zero-order chi connectivity index (χ0) is 15.1. The second-order valence-corrected chi connectivity index (χ2v) is 4.96. The van der Waals surface area contributed by atoms with Gasteiger partial charge in [0.2, 0.25) is 5.28 Å². The number of nitrogens with two attached hydrogens (primary N) is 1. The van der Waals surface area contributed by atoms with E-state index in [0.717, 1.165) is 0 Å². The van der Waals surface area contributed by atoms with Crippen molar-refractivity contribution in [2.45, 2.75) is 24.5 Å². The maximum atomic E-state index is 10.1. The molecule has 114 valence electrons. The number of hydrogen-bond donors (Lipinski definition) is 3. The average Bonchev–Trinajstić information content (AvgIpc) is 2.96. The summed E-state index contributed by atoms with van der Waals surface area (Å²) in [7, 11) is 1.43. The van der Waals surface area contributed by atoms with Gasteiger partial charge in [-0.2, -0.15) is 0 Å². The minimum Gasteiger partial charge on any atom is -0.394 e. The molecule has 2 aromatic rings. The molecule has 21 heavy (non-hydrogen) atoms. The summed E-state index contributed by atoms with van der Waals surface area (Å²) in [6, 6.07) is 0. The van der Waals surface area contributed by atoms with E-state index in [0.29, 0.717) is 11.2 Å². The van der Waals surface area contributed by atoms with E-state index in [2.05, 4.69) is 15.0 Å². The van der Waals surface area contributed by atoms with Crippen molar-refractivity contribution in [1.82, 2.24) is 19.5 Å². The fourth-order valence-corrected chi connectivity index (χ4v) is 2.72. The van der Waals surface area contributed by atoms with Crippen molar-refractivity contribution >= 4 is 28.6 Å². The molecule has 1 aliphatic rings. The van der Waals surface area contributed by atoms with Gasteiger partial charge in [0, 0.05) is 7.11 Å². The lowest BCUT2D eigenvalue weighted by molar-refractivity contribution is -0.0581. The van der Waals surface area contributed by atoms with Crippen LogP contribution in [0, 0.1) is 0 Å². The van der Waals surface area contributed by atoms with Crippen molar-refractivity contribution in [3.05, 3.63) is 11.6 Å². The minimum absolute atomic E-state index is 0.0787. The van der Waals surface area contributed by atoms with Crippen LogP contribution in [0.3, 0.4) is 0 Å². The molecule has 4 N–H and O–H groups in total. The summed E-state index contributed by atoms with van der Waals surface area (Å²) < 4.78 is 12.3. The van der Waals surface area contributed by atoms with Crippen molar-refractivity contribution in [2.75, 3.05) is 19.5 Å². The van der Waals surface area contributed by atoms with E-state index in [9.17, 15) is 10.2 Å². The first-order valence-electron chi connectivity index (χ1n) is 6.19. The second-order valence-electron chi connectivity index (χ2n) is 4.62. The predicted molar refractivity (Wildman–Crippen MR) is 72.5 cm³/mol. The topological polar surface area (TPSA) is 129 Å². The van der Waals surface area contributed by atoms with Crippen LogP contribution >= 0.6 is 11.6 Å². The number of halogens is 1. The summed E-state index contributed by atoms with van der Waals surface area (Å²) in [6.07, 6.45) is -2.02. The van der Waals surface area contributed by atoms with E-state index in [-0.39, 0.29) is 17.7 Å². The number of methoxy groups -OCH3 is 1. The van der Waals surface area contributed by atoms with E-state index >= 15 is 0 Å². The Hall–Kier alpha value is -1.52. The average molecular weight is 316 g/mol. The standard InChI is InChI=1S/C11H14ClN5O4/c1-20-7-6(19)4(2-18)21-10(7)17-9-5(16-11(17)12)8(13)14-3-15-9/h3-4,6-7,10,18-19H,2H2,1H3,(H2,13,14,15)/t4-,6?,7?,10-/m1/s1. The van der Waals surface area contributed by atoms with Gasteiger partial charge in [-0.25, -0.2) is 15.0 Å². The Morgan fingerprint density at radius 1 is 1.52 bits per heavy atom. The van der Waals surface area contributed by atoms with Gasteiger partial charge in [-0.05, 0) is 11.6 Å². The van der Waals surface area contributed by atoms with Gasteiger partial charge in [0.05, 0.1) is 6.61 Å². The van der Waals surface area contributed by atoms with E-state index in [1.165, 1.54) is 18.0 Å². The van der Waals surface area contributed by atoms with Crippen molar-refractivity contribution in [3.8, 4) is 0 Å². The van der Waals surface area contributed by atoms with Crippen molar-refractivity contribution in [3.63, 3.8) is 0 Å². The lowest BCUT2D eigenvalue weighted by Gasteiger charge is -2.20. The van der Waals surface area contributed by atoms with Crippen LogP contribution in [0.2, 0.25) is 5.28 Å². The van der Waals surface area contributed by atoms with Gasteiger partial charge >= 0.3 is 0 Å². The first kappa shape index (κ1) is 14.4. The Balaban J connectivity index is 2.12. The number of hydrogen-bond acceptors (Lipinski definition) is 8. The van der Waals surface area contributed by atoms with Crippen molar-refractivity contribution in [1.29, 1.82) is 0 Å². The molecule has 0 radical (unpaired) electrons. The molecular formula is C11H14ClN5O4. The highest BCUT2D eigenvalue weighted by Gasteiger charge is 2.46. The van der Waals surface area contributed by atoms with E-state index in [1.807, 2.05) is 0 Å². The Morgan fingerprint density at radius 2 is 2.29 bits per heavy atom. The van der Waals surface area contributed by atoms with Gasteiger partial charge < -0.3 is 25.4 Å². The number of aliphatic hydroxyl groups excluding tert-OH is 2. The Kier molecular flexibility index (Phi) is 3.68. The minimum atomic E-state index is -1.00. The van der Waals surface area contributed by atoms with Gasteiger partial charge in [-0.3, -0.25) is 4.57 Å². The lowest BCUT2D eigenvalue weighted by atomic mass is 10.1. The maximum absolute atomic E-state index is 10.1. The molecule has 0 bridgehead atoms.